The summed E-state index contributed by atoms with van der Waals surface area (Å²) in [6, 6.07) is 28.4. The first-order valence-corrected chi connectivity index (χ1v) is 14.1. The van der Waals surface area contributed by atoms with E-state index in [-0.39, 0.29) is 5.04 Å². The molecule has 0 fully saturated rings. The summed E-state index contributed by atoms with van der Waals surface area (Å²) in [6.07, 6.45) is 0. The molecule has 0 spiro atoms. The lowest BCUT2D eigenvalue weighted by molar-refractivity contribution is 0.498. The van der Waals surface area contributed by atoms with Crippen LogP contribution < -0.4 is 10.2 Å². The maximum atomic E-state index is 9.32. The SMILES string of the molecule is CC(C)(C)[Si](C)(C)Oc1c(-c2ccc(C#N)cc2)c(-c2ccccc2)c(N)c2ccccc12. The van der Waals surface area contributed by atoms with Crippen LogP contribution in [0.25, 0.3) is 33.0 Å². The lowest BCUT2D eigenvalue weighted by Crippen LogP contribution is -2.44. The number of nitrogens with two attached hydrogens (primary N) is 1. The number of hydrogen-bond donors (Lipinski definition) is 1. The van der Waals surface area contributed by atoms with Crippen LogP contribution in [0.2, 0.25) is 18.1 Å². The van der Waals surface area contributed by atoms with Gasteiger partial charge in [0, 0.05) is 27.6 Å². The Kier molecular flexibility index (Phi) is 5.78. The summed E-state index contributed by atoms with van der Waals surface area (Å²) >= 11 is 0. The third-order valence-corrected chi connectivity index (χ3v) is 11.1. The number of nitrogen functional groups attached to an aromatic ring is 1. The third-order valence-electron chi connectivity index (χ3n) is 6.74. The van der Waals surface area contributed by atoms with Crippen molar-refractivity contribution in [2.45, 2.75) is 38.9 Å². The fraction of sp³-hybridized carbons (Fsp3) is 0.207. The third kappa shape index (κ3) is 4.13. The Morgan fingerprint density at radius 1 is 0.758 bits per heavy atom. The van der Waals surface area contributed by atoms with Crippen LogP contribution in [0.3, 0.4) is 0 Å². The van der Waals surface area contributed by atoms with E-state index < -0.39 is 8.32 Å². The Bertz CT molecular complexity index is 1350. The molecule has 0 aliphatic heterocycles. The smallest absolute Gasteiger partial charge is 0.250 e. The van der Waals surface area contributed by atoms with Crippen molar-refractivity contribution in [3.63, 3.8) is 0 Å². The molecule has 0 bridgehead atoms. The van der Waals surface area contributed by atoms with E-state index in [0.717, 1.165) is 44.5 Å². The minimum Gasteiger partial charge on any atom is -0.543 e. The minimum absolute atomic E-state index is 0.0321. The van der Waals surface area contributed by atoms with Gasteiger partial charge in [0.25, 0.3) is 8.32 Å². The van der Waals surface area contributed by atoms with Crippen molar-refractivity contribution < 1.29 is 4.43 Å². The van der Waals surface area contributed by atoms with Crippen molar-refractivity contribution in [3.05, 3.63) is 84.4 Å². The van der Waals surface area contributed by atoms with Crippen LogP contribution >= 0.6 is 0 Å². The van der Waals surface area contributed by atoms with Crippen LogP contribution in [0, 0.1) is 11.3 Å². The predicted octanol–water partition coefficient (Wildman–Crippen LogP) is 8.01. The standard InChI is InChI=1S/C29H30N2OSi/c1-29(2,3)33(4,5)32-28-24-14-10-9-13-23(24)27(31)25(21-11-7-6-8-12-21)26(28)22-17-15-20(19-30)16-18-22/h6-18H,31H2,1-5H3. The number of benzene rings is 4. The molecule has 166 valence electrons. The molecule has 4 rings (SSSR count). The van der Waals surface area contributed by atoms with Crippen LogP contribution in [0.1, 0.15) is 26.3 Å². The molecule has 3 nitrogen and oxygen atoms in total. The predicted molar refractivity (Wildman–Crippen MR) is 142 cm³/mol. The van der Waals surface area contributed by atoms with Crippen molar-refractivity contribution in [1.29, 1.82) is 5.26 Å². The molecule has 2 N–H and O–H groups in total. The van der Waals surface area contributed by atoms with Gasteiger partial charge in [-0.25, -0.2) is 0 Å². The molecule has 4 heteroatoms. The Morgan fingerprint density at radius 3 is 1.88 bits per heavy atom. The number of anilines is 1. The van der Waals surface area contributed by atoms with Crippen LogP contribution in [0.5, 0.6) is 5.75 Å². The number of nitriles is 1. The first-order valence-electron chi connectivity index (χ1n) is 11.2. The van der Waals surface area contributed by atoms with E-state index in [1.807, 2.05) is 54.6 Å². The van der Waals surface area contributed by atoms with Crippen LogP contribution in [0.4, 0.5) is 5.69 Å². The molecule has 0 aliphatic rings. The molecule has 0 saturated carbocycles. The second-order valence-electron chi connectivity index (χ2n) is 9.96. The fourth-order valence-corrected chi connectivity index (χ4v) is 4.87. The van der Waals surface area contributed by atoms with Crippen molar-refractivity contribution in [1.82, 2.24) is 0 Å². The zero-order chi connectivity index (χ0) is 23.8. The van der Waals surface area contributed by atoms with Gasteiger partial charge in [-0.15, -0.1) is 0 Å². The van der Waals surface area contributed by atoms with Gasteiger partial charge in [-0.3, -0.25) is 0 Å². The highest BCUT2D eigenvalue weighted by molar-refractivity contribution is 6.75. The molecule has 0 heterocycles. The first-order chi connectivity index (χ1) is 15.6. The molecule has 0 radical (unpaired) electrons. The van der Waals surface area contributed by atoms with Crippen molar-refractivity contribution in [3.8, 4) is 34.1 Å². The molecule has 0 saturated heterocycles. The molecule has 33 heavy (non-hydrogen) atoms. The van der Waals surface area contributed by atoms with Crippen molar-refractivity contribution in [2.24, 2.45) is 0 Å². The van der Waals surface area contributed by atoms with E-state index >= 15 is 0 Å². The monoisotopic (exact) mass is 450 g/mol. The van der Waals surface area contributed by atoms with E-state index in [2.05, 4.69) is 64.2 Å². The van der Waals surface area contributed by atoms with Gasteiger partial charge >= 0.3 is 0 Å². The van der Waals surface area contributed by atoms with Crippen molar-refractivity contribution >= 4 is 24.8 Å². The summed E-state index contributed by atoms with van der Waals surface area (Å²) in [5.41, 5.74) is 12.2. The van der Waals surface area contributed by atoms with E-state index in [1.54, 1.807) is 0 Å². The largest absolute Gasteiger partial charge is 0.543 e. The molecule has 0 amide bonds. The van der Waals surface area contributed by atoms with Gasteiger partial charge < -0.3 is 10.2 Å². The number of hydrogen-bond acceptors (Lipinski definition) is 3. The minimum atomic E-state index is -2.18. The second kappa shape index (κ2) is 8.42. The lowest BCUT2D eigenvalue weighted by atomic mass is 9.88. The highest BCUT2D eigenvalue weighted by atomic mass is 28.4. The Morgan fingerprint density at radius 2 is 1.30 bits per heavy atom. The summed E-state index contributed by atoms with van der Waals surface area (Å²) in [5, 5.41) is 11.4. The summed E-state index contributed by atoms with van der Waals surface area (Å²) in [4.78, 5) is 0. The first kappa shape index (κ1) is 22.6. The zero-order valence-corrected chi connectivity index (χ0v) is 20.9. The van der Waals surface area contributed by atoms with E-state index in [1.165, 1.54) is 0 Å². The summed E-state index contributed by atoms with van der Waals surface area (Å²) < 4.78 is 7.06. The molecular formula is C29H30N2OSi. The maximum absolute atomic E-state index is 9.32. The number of nitrogens with zero attached hydrogens (tertiary/aromatic N) is 1. The van der Waals surface area contributed by atoms with Crippen LogP contribution in [-0.2, 0) is 0 Å². The molecular weight excluding hydrogens is 420 g/mol. The number of rotatable bonds is 4. The van der Waals surface area contributed by atoms with Gasteiger partial charge in [-0.1, -0.05) is 87.5 Å². The van der Waals surface area contributed by atoms with Gasteiger partial charge in [0.15, 0.2) is 0 Å². The molecule has 4 aromatic carbocycles. The maximum Gasteiger partial charge on any atom is 0.250 e. The average molecular weight is 451 g/mol. The highest BCUT2D eigenvalue weighted by Crippen LogP contribution is 2.50. The summed E-state index contributed by atoms with van der Waals surface area (Å²) in [5.74, 6) is 0.870. The van der Waals surface area contributed by atoms with Gasteiger partial charge in [-0.05, 0) is 41.4 Å². The van der Waals surface area contributed by atoms with Gasteiger partial charge in [0.2, 0.25) is 0 Å². The normalized spacial score (nSPS) is 11.9. The Hall–Kier alpha value is -3.55. The summed E-state index contributed by atoms with van der Waals surface area (Å²) in [6.45, 7) is 11.3. The molecule has 0 aromatic heterocycles. The fourth-order valence-electron chi connectivity index (χ4n) is 3.84. The molecule has 0 atom stereocenters. The van der Waals surface area contributed by atoms with Crippen LogP contribution in [-0.4, -0.2) is 8.32 Å². The lowest BCUT2D eigenvalue weighted by Gasteiger charge is -2.38. The Balaban J connectivity index is 2.15. The summed E-state index contributed by atoms with van der Waals surface area (Å²) in [7, 11) is -2.18. The zero-order valence-electron chi connectivity index (χ0n) is 19.9. The topological polar surface area (TPSA) is 59.0 Å². The van der Waals surface area contributed by atoms with Gasteiger partial charge in [0.1, 0.15) is 5.75 Å². The van der Waals surface area contributed by atoms with E-state index in [9.17, 15) is 5.26 Å². The second-order valence-corrected chi connectivity index (χ2v) is 14.7. The quantitative estimate of drug-likeness (QED) is 0.253. The number of fused-ring (bicyclic) bond motifs is 1. The van der Waals surface area contributed by atoms with E-state index in [4.69, 9.17) is 10.2 Å². The van der Waals surface area contributed by atoms with Gasteiger partial charge in [-0.2, -0.15) is 5.26 Å². The molecule has 0 unspecified atom stereocenters. The van der Waals surface area contributed by atoms with Crippen LogP contribution in [0.15, 0.2) is 78.9 Å². The van der Waals surface area contributed by atoms with Crippen molar-refractivity contribution in [2.75, 3.05) is 5.73 Å². The molecule has 4 aromatic rings. The highest BCUT2D eigenvalue weighted by Gasteiger charge is 2.40. The van der Waals surface area contributed by atoms with Gasteiger partial charge in [0.05, 0.1) is 11.6 Å². The Labute approximate surface area is 197 Å². The van der Waals surface area contributed by atoms with E-state index in [0.29, 0.717) is 5.56 Å². The average Bonchev–Trinajstić information content (AvgIpc) is 2.80. The molecule has 0 aliphatic carbocycles.